The smallest absolute Gasteiger partial charge is 0.374 e. The second kappa shape index (κ2) is 10.5. The average Bonchev–Trinajstić information content (AvgIpc) is 2.77. The summed E-state index contributed by atoms with van der Waals surface area (Å²) < 4.78 is 51.5. The number of nitrogens with zero attached hydrogens (tertiary/aromatic N) is 1. The summed E-state index contributed by atoms with van der Waals surface area (Å²) in [5, 5.41) is 0. The fraction of sp³-hybridized carbons (Fsp3) is 0.385. The number of halogens is 3. The van der Waals surface area contributed by atoms with Crippen molar-refractivity contribution in [1.29, 1.82) is 0 Å². The van der Waals surface area contributed by atoms with Crippen molar-refractivity contribution in [2.75, 3.05) is 19.8 Å². The summed E-state index contributed by atoms with van der Waals surface area (Å²) in [5.41, 5.74) is 2.22. The summed E-state index contributed by atoms with van der Waals surface area (Å²) in [5.74, 6) is 0.494. The molecule has 0 N–H and O–H groups in total. The Hall–Kier alpha value is -2.34. The van der Waals surface area contributed by atoms with Gasteiger partial charge in [0.05, 0.1) is 5.57 Å². The van der Waals surface area contributed by atoms with Crippen LogP contribution in [0, 0.1) is 5.92 Å². The van der Waals surface area contributed by atoms with Crippen LogP contribution in [-0.2, 0) is 10.8 Å². The molecule has 0 saturated heterocycles. The number of benzene rings is 2. The van der Waals surface area contributed by atoms with Gasteiger partial charge >= 0.3 is 6.18 Å². The molecule has 2 nitrogen and oxygen atoms in total. The molecule has 1 aliphatic carbocycles. The van der Waals surface area contributed by atoms with Crippen LogP contribution in [0.15, 0.2) is 71.7 Å². The normalized spacial score (nSPS) is 16.6. The predicted octanol–water partition coefficient (Wildman–Crippen LogP) is 7.06. The van der Waals surface area contributed by atoms with Gasteiger partial charge in [-0.2, -0.15) is 13.2 Å². The zero-order valence-corrected chi connectivity index (χ0v) is 19.4. The van der Waals surface area contributed by atoms with Crippen LogP contribution in [-0.4, -0.2) is 35.1 Å². The second-order valence-electron chi connectivity index (χ2n) is 8.50. The van der Waals surface area contributed by atoms with Crippen molar-refractivity contribution in [3.63, 3.8) is 0 Å². The van der Waals surface area contributed by atoms with Crippen molar-refractivity contribution in [2.45, 2.75) is 43.2 Å². The number of hydrogen-bond donors (Lipinski definition) is 0. The quantitative estimate of drug-likeness (QED) is 0.411. The lowest BCUT2D eigenvalue weighted by molar-refractivity contribution is -0.0878. The number of alkyl halides is 3. The van der Waals surface area contributed by atoms with Crippen LogP contribution in [0.3, 0.4) is 0 Å². The fourth-order valence-corrected chi connectivity index (χ4v) is 4.77. The summed E-state index contributed by atoms with van der Waals surface area (Å²) in [6, 6.07) is 15.0. The molecular weight excluding hydrogens is 431 g/mol. The first-order valence-corrected chi connectivity index (χ1v) is 12.4. The van der Waals surface area contributed by atoms with Crippen molar-refractivity contribution < 1.29 is 17.4 Å². The molecule has 0 aliphatic heterocycles. The van der Waals surface area contributed by atoms with E-state index in [0.29, 0.717) is 17.2 Å². The first-order chi connectivity index (χ1) is 15.1. The lowest BCUT2D eigenvalue weighted by atomic mass is 9.88. The average molecular weight is 462 g/mol. The third-order valence-electron chi connectivity index (χ3n) is 6.02. The summed E-state index contributed by atoms with van der Waals surface area (Å²) in [6.45, 7) is 3.98. The van der Waals surface area contributed by atoms with Crippen LogP contribution < -0.4 is 0 Å². The highest BCUT2D eigenvalue weighted by Crippen LogP contribution is 2.32. The highest BCUT2D eigenvalue weighted by molar-refractivity contribution is 7.84. The van der Waals surface area contributed by atoms with Crippen LogP contribution in [0.25, 0.3) is 16.8 Å². The Morgan fingerprint density at radius 3 is 2.34 bits per heavy atom. The molecule has 0 aromatic heterocycles. The van der Waals surface area contributed by atoms with Crippen LogP contribution in [0.1, 0.15) is 37.7 Å². The van der Waals surface area contributed by atoms with E-state index in [1.807, 2.05) is 60.5 Å². The zero-order chi connectivity index (χ0) is 23.3. The molecule has 32 heavy (non-hydrogen) atoms. The lowest BCUT2D eigenvalue weighted by Crippen LogP contribution is -2.26. The van der Waals surface area contributed by atoms with Gasteiger partial charge in [0.25, 0.3) is 0 Å². The maximum Gasteiger partial charge on any atom is 0.415 e. The minimum atomic E-state index is -4.47. The molecule has 1 unspecified atom stereocenters. The van der Waals surface area contributed by atoms with Gasteiger partial charge in [0, 0.05) is 41.2 Å². The fourth-order valence-electron chi connectivity index (χ4n) is 4.20. The highest BCUT2D eigenvalue weighted by Gasteiger charge is 2.31. The van der Waals surface area contributed by atoms with E-state index in [-0.39, 0.29) is 0 Å². The Kier molecular flexibility index (Phi) is 7.99. The van der Waals surface area contributed by atoms with E-state index in [9.17, 15) is 17.4 Å². The zero-order valence-electron chi connectivity index (χ0n) is 18.6. The minimum Gasteiger partial charge on any atom is -0.374 e. The van der Waals surface area contributed by atoms with Crippen LogP contribution in [0.2, 0.25) is 0 Å². The summed E-state index contributed by atoms with van der Waals surface area (Å²) in [6.07, 6.45) is 4.16. The van der Waals surface area contributed by atoms with Crippen molar-refractivity contribution in [1.82, 2.24) is 4.90 Å². The molecule has 2 aromatic carbocycles. The molecule has 0 heterocycles. The molecule has 0 amide bonds. The van der Waals surface area contributed by atoms with Gasteiger partial charge in [0.15, 0.2) is 0 Å². The van der Waals surface area contributed by atoms with E-state index in [0.717, 1.165) is 41.5 Å². The Morgan fingerprint density at radius 2 is 1.75 bits per heavy atom. The van der Waals surface area contributed by atoms with Gasteiger partial charge in [-0.15, -0.1) is 0 Å². The molecular formula is C26H30F3NOS. The van der Waals surface area contributed by atoms with Gasteiger partial charge in [0.2, 0.25) is 0 Å². The van der Waals surface area contributed by atoms with Gasteiger partial charge in [-0.05, 0) is 53.7 Å². The van der Waals surface area contributed by atoms with Crippen LogP contribution in [0.5, 0.6) is 0 Å². The van der Waals surface area contributed by atoms with E-state index < -0.39 is 22.5 Å². The number of allylic oxidation sites excluding steroid dienone is 2. The Labute approximate surface area is 191 Å². The Balaban J connectivity index is 1.90. The third kappa shape index (κ3) is 6.35. The number of rotatable bonds is 7. The van der Waals surface area contributed by atoms with Crippen molar-refractivity contribution in [3.8, 4) is 11.1 Å². The Morgan fingerprint density at radius 1 is 1.09 bits per heavy atom. The summed E-state index contributed by atoms with van der Waals surface area (Å²) in [4.78, 5) is 2.67. The molecule has 1 saturated carbocycles. The van der Waals surface area contributed by atoms with Crippen molar-refractivity contribution >= 4 is 16.5 Å². The Bertz CT molecular complexity index is 989. The van der Waals surface area contributed by atoms with Crippen LogP contribution in [0.4, 0.5) is 13.2 Å². The molecule has 0 spiro atoms. The SMILES string of the molecule is C=C(/C=C(/c1ccc(-c2cccc(S(C)=O)c2)cc1)N(C)CC1CCCCC1)C(F)(F)F. The summed E-state index contributed by atoms with van der Waals surface area (Å²) >= 11 is 0. The predicted molar refractivity (Wildman–Crippen MR) is 127 cm³/mol. The maximum absolute atomic E-state index is 13.2. The molecule has 1 fully saturated rings. The maximum atomic E-state index is 13.2. The van der Waals surface area contributed by atoms with Gasteiger partial charge in [-0.1, -0.05) is 62.2 Å². The molecule has 3 rings (SSSR count). The lowest BCUT2D eigenvalue weighted by Gasteiger charge is -2.30. The van der Waals surface area contributed by atoms with Gasteiger partial charge in [-0.3, -0.25) is 4.21 Å². The van der Waals surface area contributed by atoms with Gasteiger partial charge < -0.3 is 4.90 Å². The van der Waals surface area contributed by atoms with Crippen molar-refractivity contribution in [2.24, 2.45) is 5.92 Å². The standard InChI is InChI=1S/C26H30F3NOS/c1-19(26(27,28)29)16-25(30(2)18-20-8-5-4-6-9-20)22-14-12-21(13-15-22)23-10-7-11-24(17-23)32(3)31/h7,10-17,20H,1,4-6,8-9,18H2,2-3H3/b25-16-. The number of hydrogen-bond acceptors (Lipinski definition) is 2. The van der Waals surface area contributed by atoms with Crippen molar-refractivity contribution in [3.05, 3.63) is 72.3 Å². The molecule has 6 heteroatoms. The molecule has 2 aromatic rings. The molecule has 1 atom stereocenters. The van der Waals surface area contributed by atoms with E-state index >= 15 is 0 Å². The first kappa shape index (κ1) is 24.3. The van der Waals surface area contributed by atoms with E-state index in [2.05, 4.69) is 6.58 Å². The minimum absolute atomic E-state index is 0.494. The topological polar surface area (TPSA) is 20.3 Å². The third-order valence-corrected chi connectivity index (χ3v) is 6.94. The van der Waals surface area contributed by atoms with Gasteiger partial charge in [-0.25, -0.2) is 0 Å². The van der Waals surface area contributed by atoms with Gasteiger partial charge in [0.1, 0.15) is 0 Å². The van der Waals surface area contributed by atoms with E-state index in [1.54, 1.807) is 6.26 Å². The van der Waals surface area contributed by atoms with E-state index in [1.165, 1.54) is 19.3 Å². The monoisotopic (exact) mass is 461 g/mol. The van der Waals surface area contributed by atoms with Crippen LogP contribution >= 0.6 is 0 Å². The van der Waals surface area contributed by atoms with E-state index in [4.69, 9.17) is 0 Å². The molecule has 172 valence electrons. The highest BCUT2D eigenvalue weighted by atomic mass is 32.2. The molecule has 0 radical (unpaired) electrons. The molecule has 0 bridgehead atoms. The molecule has 1 aliphatic rings. The summed E-state index contributed by atoms with van der Waals surface area (Å²) in [7, 11) is 0.777. The first-order valence-electron chi connectivity index (χ1n) is 10.9. The largest absolute Gasteiger partial charge is 0.415 e. The second-order valence-corrected chi connectivity index (χ2v) is 9.88.